The highest BCUT2D eigenvalue weighted by Crippen LogP contribution is 2.27. The van der Waals surface area contributed by atoms with Crippen molar-refractivity contribution < 1.29 is 23.8 Å². The van der Waals surface area contributed by atoms with Crippen LogP contribution in [0.25, 0.3) is 0 Å². The molecule has 114 valence electrons. The highest BCUT2D eigenvalue weighted by Gasteiger charge is 2.33. The largest absolute Gasteiger partial charge is 0.480 e. The molecule has 1 aromatic carbocycles. The standard InChI is InChI=1S/C15H18FNO4/c1-21-15(20)11-6-8-17(9-7-11)13(14(18)19)10-2-4-12(16)5-3-10/h2-5,11,13H,6-9H2,1H3,(H,18,19). The van der Waals surface area contributed by atoms with Gasteiger partial charge in [0.15, 0.2) is 0 Å². The number of carboxylic acid groups (broad SMARTS) is 1. The molecule has 1 atom stereocenters. The fourth-order valence-corrected chi connectivity index (χ4v) is 2.71. The minimum Gasteiger partial charge on any atom is -0.480 e. The van der Waals surface area contributed by atoms with E-state index in [9.17, 15) is 19.1 Å². The first-order valence-corrected chi connectivity index (χ1v) is 6.83. The van der Waals surface area contributed by atoms with Crippen LogP contribution >= 0.6 is 0 Å². The molecule has 0 amide bonds. The quantitative estimate of drug-likeness (QED) is 0.859. The zero-order valence-electron chi connectivity index (χ0n) is 11.8. The molecule has 6 heteroatoms. The zero-order valence-corrected chi connectivity index (χ0v) is 11.8. The van der Waals surface area contributed by atoms with Gasteiger partial charge >= 0.3 is 11.9 Å². The lowest BCUT2D eigenvalue weighted by atomic mass is 9.94. The van der Waals surface area contributed by atoms with E-state index >= 15 is 0 Å². The Kier molecular flexibility index (Phi) is 4.90. The Labute approximate surface area is 122 Å². The van der Waals surface area contributed by atoms with Gasteiger partial charge in [0, 0.05) is 13.1 Å². The first-order chi connectivity index (χ1) is 10.0. The minimum absolute atomic E-state index is 0.172. The Hall–Kier alpha value is -1.95. The number of carbonyl (C=O) groups is 2. The van der Waals surface area contributed by atoms with Crippen molar-refractivity contribution >= 4 is 11.9 Å². The summed E-state index contributed by atoms with van der Waals surface area (Å²) in [4.78, 5) is 24.8. The molecule has 2 rings (SSSR count). The van der Waals surface area contributed by atoms with E-state index in [-0.39, 0.29) is 11.9 Å². The monoisotopic (exact) mass is 295 g/mol. The smallest absolute Gasteiger partial charge is 0.325 e. The maximum Gasteiger partial charge on any atom is 0.325 e. The van der Waals surface area contributed by atoms with Gasteiger partial charge in [-0.25, -0.2) is 4.39 Å². The van der Waals surface area contributed by atoms with E-state index in [2.05, 4.69) is 0 Å². The second-order valence-corrected chi connectivity index (χ2v) is 5.13. The summed E-state index contributed by atoms with van der Waals surface area (Å²) in [6.07, 6.45) is 1.13. The third-order valence-corrected chi connectivity index (χ3v) is 3.85. The summed E-state index contributed by atoms with van der Waals surface area (Å²) in [5, 5.41) is 9.44. The normalized spacial score (nSPS) is 18.2. The van der Waals surface area contributed by atoms with E-state index in [4.69, 9.17) is 4.74 Å². The molecule has 1 aromatic rings. The van der Waals surface area contributed by atoms with Crippen molar-refractivity contribution in [2.24, 2.45) is 5.92 Å². The molecule has 0 bridgehead atoms. The Morgan fingerprint density at radius 1 is 1.29 bits per heavy atom. The molecule has 0 spiro atoms. The lowest BCUT2D eigenvalue weighted by Crippen LogP contribution is -2.41. The number of benzene rings is 1. The van der Waals surface area contributed by atoms with E-state index in [1.54, 1.807) is 4.90 Å². The average Bonchev–Trinajstić information content (AvgIpc) is 2.49. The van der Waals surface area contributed by atoms with Gasteiger partial charge in [0.05, 0.1) is 13.0 Å². The van der Waals surface area contributed by atoms with Crippen LogP contribution < -0.4 is 0 Å². The highest BCUT2D eigenvalue weighted by atomic mass is 19.1. The number of nitrogens with zero attached hydrogens (tertiary/aromatic N) is 1. The fourth-order valence-electron chi connectivity index (χ4n) is 2.71. The Morgan fingerprint density at radius 2 is 1.86 bits per heavy atom. The van der Waals surface area contributed by atoms with Crippen molar-refractivity contribution in [2.45, 2.75) is 18.9 Å². The first kappa shape index (κ1) is 15.4. The molecule has 21 heavy (non-hydrogen) atoms. The van der Waals surface area contributed by atoms with Crippen LogP contribution in [-0.4, -0.2) is 42.1 Å². The average molecular weight is 295 g/mol. The minimum atomic E-state index is -0.974. The molecule has 1 aliphatic heterocycles. The Bertz CT molecular complexity index is 509. The fraction of sp³-hybridized carbons (Fsp3) is 0.467. The topological polar surface area (TPSA) is 66.8 Å². The summed E-state index contributed by atoms with van der Waals surface area (Å²) in [6, 6.07) is 4.67. The van der Waals surface area contributed by atoms with Crippen LogP contribution in [-0.2, 0) is 14.3 Å². The molecule has 1 saturated heterocycles. The van der Waals surface area contributed by atoms with Crippen molar-refractivity contribution in [1.82, 2.24) is 4.90 Å². The van der Waals surface area contributed by atoms with E-state index in [1.165, 1.54) is 31.4 Å². The van der Waals surface area contributed by atoms with Crippen molar-refractivity contribution in [2.75, 3.05) is 20.2 Å². The predicted molar refractivity (Wildman–Crippen MR) is 73.1 cm³/mol. The van der Waals surface area contributed by atoms with Gasteiger partial charge in [0.2, 0.25) is 0 Å². The van der Waals surface area contributed by atoms with Crippen molar-refractivity contribution in [3.8, 4) is 0 Å². The van der Waals surface area contributed by atoms with E-state index < -0.39 is 17.8 Å². The van der Waals surface area contributed by atoms with Crippen LogP contribution in [0.2, 0.25) is 0 Å². The van der Waals surface area contributed by atoms with Crippen molar-refractivity contribution in [3.63, 3.8) is 0 Å². The van der Waals surface area contributed by atoms with Gasteiger partial charge < -0.3 is 9.84 Å². The number of likely N-dealkylation sites (tertiary alicyclic amines) is 1. The molecular formula is C15H18FNO4. The third-order valence-electron chi connectivity index (χ3n) is 3.85. The van der Waals surface area contributed by atoms with E-state index in [0.717, 1.165) is 0 Å². The van der Waals surface area contributed by atoms with Gasteiger partial charge in [-0.1, -0.05) is 12.1 Å². The molecule has 1 N–H and O–H groups in total. The third kappa shape index (κ3) is 3.58. The molecule has 5 nitrogen and oxygen atoms in total. The lowest BCUT2D eigenvalue weighted by molar-refractivity contribution is -0.148. The number of ether oxygens (including phenoxy) is 1. The van der Waals surface area contributed by atoms with Crippen LogP contribution in [0.4, 0.5) is 4.39 Å². The summed E-state index contributed by atoms with van der Waals surface area (Å²) in [5.74, 6) is -1.79. The molecule has 0 aliphatic carbocycles. The van der Waals surface area contributed by atoms with Crippen LogP contribution in [0.15, 0.2) is 24.3 Å². The van der Waals surface area contributed by atoms with Crippen LogP contribution in [0.3, 0.4) is 0 Å². The van der Waals surface area contributed by atoms with Gasteiger partial charge in [-0.05, 0) is 30.5 Å². The number of carbonyl (C=O) groups excluding carboxylic acids is 1. The van der Waals surface area contributed by atoms with Gasteiger partial charge in [0.25, 0.3) is 0 Å². The van der Waals surface area contributed by atoms with Crippen LogP contribution in [0.1, 0.15) is 24.4 Å². The van der Waals surface area contributed by atoms with E-state index in [0.29, 0.717) is 31.5 Å². The first-order valence-electron chi connectivity index (χ1n) is 6.83. The molecule has 1 heterocycles. The van der Waals surface area contributed by atoms with Gasteiger partial charge in [-0.2, -0.15) is 0 Å². The molecular weight excluding hydrogens is 277 g/mol. The molecule has 0 saturated carbocycles. The number of halogens is 1. The number of esters is 1. The summed E-state index contributed by atoms with van der Waals surface area (Å²) in [7, 11) is 1.35. The van der Waals surface area contributed by atoms with Gasteiger partial charge in [0.1, 0.15) is 11.9 Å². The lowest BCUT2D eigenvalue weighted by Gasteiger charge is -2.34. The summed E-state index contributed by atoms with van der Waals surface area (Å²) >= 11 is 0. The molecule has 1 unspecified atom stereocenters. The molecule has 0 aromatic heterocycles. The number of methoxy groups -OCH3 is 1. The van der Waals surface area contributed by atoms with Crippen molar-refractivity contribution in [3.05, 3.63) is 35.6 Å². The number of rotatable bonds is 4. The molecule has 1 fully saturated rings. The summed E-state index contributed by atoms with van der Waals surface area (Å²) in [6.45, 7) is 0.988. The number of carboxylic acids is 1. The number of hydrogen-bond donors (Lipinski definition) is 1. The highest BCUT2D eigenvalue weighted by molar-refractivity contribution is 5.76. The SMILES string of the molecule is COC(=O)C1CCN(C(C(=O)O)c2ccc(F)cc2)CC1. The molecule has 1 aliphatic rings. The van der Waals surface area contributed by atoms with Crippen LogP contribution in [0, 0.1) is 11.7 Å². The van der Waals surface area contributed by atoms with Gasteiger partial charge in [-0.3, -0.25) is 14.5 Å². The summed E-state index contributed by atoms with van der Waals surface area (Å²) < 4.78 is 17.7. The second-order valence-electron chi connectivity index (χ2n) is 5.13. The zero-order chi connectivity index (χ0) is 15.4. The number of aliphatic carboxylic acids is 1. The number of hydrogen-bond acceptors (Lipinski definition) is 4. The molecule has 0 radical (unpaired) electrons. The van der Waals surface area contributed by atoms with Gasteiger partial charge in [-0.15, -0.1) is 0 Å². The Balaban J connectivity index is 2.09. The summed E-state index contributed by atoms with van der Waals surface area (Å²) in [5.41, 5.74) is 0.542. The maximum atomic E-state index is 13.0. The second kappa shape index (κ2) is 6.67. The maximum absolute atomic E-state index is 13.0. The Morgan fingerprint density at radius 3 is 2.33 bits per heavy atom. The predicted octanol–water partition coefficient (Wildman–Crippen LogP) is 1.84. The van der Waals surface area contributed by atoms with E-state index in [1.807, 2.05) is 0 Å². The van der Waals surface area contributed by atoms with Crippen molar-refractivity contribution in [1.29, 1.82) is 0 Å². The van der Waals surface area contributed by atoms with Crippen LogP contribution in [0.5, 0.6) is 0 Å². The number of piperidine rings is 1.